The van der Waals surface area contributed by atoms with Crippen LogP contribution in [-0.4, -0.2) is 4.98 Å². The van der Waals surface area contributed by atoms with Gasteiger partial charge in [0, 0.05) is 17.2 Å². The summed E-state index contributed by atoms with van der Waals surface area (Å²) in [6.07, 6.45) is 1.65. The first kappa shape index (κ1) is 12.4. The molecule has 0 atom stereocenters. The molecule has 0 aliphatic heterocycles. The van der Waals surface area contributed by atoms with E-state index < -0.39 is 0 Å². The first-order chi connectivity index (χ1) is 8.19. The fraction of sp³-hybridized carbons (Fsp3) is 0.0833. The van der Waals surface area contributed by atoms with Gasteiger partial charge in [0.25, 0.3) is 0 Å². The predicted molar refractivity (Wildman–Crippen MR) is 71.4 cm³/mol. The number of nitrogens with zero attached hydrogens (tertiary/aromatic N) is 1. The summed E-state index contributed by atoms with van der Waals surface area (Å²) in [5.74, 6) is 1.06. The molecule has 2 rings (SSSR count). The molecule has 0 bridgehead atoms. The van der Waals surface area contributed by atoms with E-state index in [-0.39, 0.29) is 0 Å². The van der Waals surface area contributed by atoms with Crippen LogP contribution in [0.3, 0.4) is 0 Å². The van der Waals surface area contributed by atoms with Crippen LogP contribution in [0, 0.1) is 0 Å². The van der Waals surface area contributed by atoms with E-state index in [1.54, 1.807) is 12.3 Å². The first-order valence-electron chi connectivity index (χ1n) is 4.97. The fourth-order valence-corrected chi connectivity index (χ4v) is 1.76. The van der Waals surface area contributed by atoms with Crippen LogP contribution in [0.5, 0.6) is 11.6 Å². The molecule has 0 saturated heterocycles. The summed E-state index contributed by atoms with van der Waals surface area (Å²) in [5.41, 5.74) is 6.37. The van der Waals surface area contributed by atoms with E-state index >= 15 is 0 Å². The van der Waals surface area contributed by atoms with Crippen LogP contribution >= 0.6 is 27.5 Å². The van der Waals surface area contributed by atoms with E-state index in [9.17, 15) is 0 Å². The summed E-state index contributed by atoms with van der Waals surface area (Å²) in [5, 5.41) is 0.455. The van der Waals surface area contributed by atoms with Gasteiger partial charge in [-0.3, -0.25) is 0 Å². The van der Waals surface area contributed by atoms with Crippen molar-refractivity contribution in [2.75, 3.05) is 0 Å². The van der Waals surface area contributed by atoms with Gasteiger partial charge in [-0.25, -0.2) is 4.98 Å². The van der Waals surface area contributed by atoms with Gasteiger partial charge >= 0.3 is 0 Å². The molecule has 0 amide bonds. The molecule has 0 fully saturated rings. The molecule has 0 spiro atoms. The zero-order valence-electron chi connectivity index (χ0n) is 8.86. The lowest BCUT2D eigenvalue weighted by Crippen LogP contribution is -1.98. The van der Waals surface area contributed by atoms with Crippen LogP contribution in [0.25, 0.3) is 0 Å². The zero-order valence-corrected chi connectivity index (χ0v) is 11.2. The maximum absolute atomic E-state index is 6.04. The van der Waals surface area contributed by atoms with E-state index in [2.05, 4.69) is 20.9 Å². The maximum Gasteiger partial charge on any atom is 0.238 e. The van der Waals surface area contributed by atoms with Crippen LogP contribution < -0.4 is 10.5 Å². The Morgan fingerprint density at radius 3 is 2.59 bits per heavy atom. The normalized spacial score (nSPS) is 10.3. The van der Waals surface area contributed by atoms with Gasteiger partial charge in [0.2, 0.25) is 5.88 Å². The number of hydrogen-bond donors (Lipinski definition) is 1. The lowest BCUT2D eigenvalue weighted by atomic mass is 10.3. The minimum atomic E-state index is 0.381. The Labute approximate surface area is 113 Å². The molecule has 1 heterocycles. The molecule has 0 radical (unpaired) electrons. The second-order valence-corrected chi connectivity index (χ2v) is 4.71. The Morgan fingerprint density at radius 2 is 2.00 bits per heavy atom. The van der Waals surface area contributed by atoms with Crippen molar-refractivity contribution in [3.8, 4) is 11.6 Å². The molecule has 0 saturated carbocycles. The second-order valence-electron chi connectivity index (χ2n) is 3.39. The van der Waals surface area contributed by atoms with Crippen molar-refractivity contribution in [1.82, 2.24) is 4.98 Å². The topological polar surface area (TPSA) is 48.1 Å². The van der Waals surface area contributed by atoms with Crippen molar-refractivity contribution < 1.29 is 4.74 Å². The van der Waals surface area contributed by atoms with Crippen LogP contribution in [0.4, 0.5) is 0 Å². The molecule has 2 aromatic rings. The lowest BCUT2D eigenvalue weighted by molar-refractivity contribution is 0.462. The second kappa shape index (κ2) is 5.49. The fourth-order valence-electron chi connectivity index (χ4n) is 1.27. The zero-order chi connectivity index (χ0) is 12.3. The highest BCUT2D eigenvalue weighted by molar-refractivity contribution is 9.10. The molecule has 1 aromatic heterocycles. The Hall–Kier alpha value is -1.10. The van der Waals surface area contributed by atoms with Crippen molar-refractivity contribution >= 4 is 27.5 Å². The molecule has 2 N–H and O–H groups in total. The Bertz CT molecular complexity index is 516. The van der Waals surface area contributed by atoms with Gasteiger partial charge in [-0.1, -0.05) is 27.5 Å². The summed E-state index contributed by atoms with van der Waals surface area (Å²) >= 11 is 9.39. The van der Waals surface area contributed by atoms with Gasteiger partial charge in [0.05, 0.1) is 0 Å². The number of aromatic nitrogens is 1. The van der Waals surface area contributed by atoms with E-state index in [4.69, 9.17) is 22.1 Å². The quantitative estimate of drug-likeness (QED) is 0.939. The third kappa shape index (κ3) is 3.19. The summed E-state index contributed by atoms with van der Waals surface area (Å²) in [6, 6.07) is 9.19. The highest BCUT2D eigenvalue weighted by Gasteiger charge is 2.05. The van der Waals surface area contributed by atoms with E-state index in [1.165, 1.54) is 0 Å². The van der Waals surface area contributed by atoms with Gasteiger partial charge in [0.15, 0.2) is 0 Å². The average Bonchev–Trinajstić information content (AvgIpc) is 2.34. The number of nitrogens with two attached hydrogens (primary N) is 1. The standard InChI is InChI=1S/C12H10BrClN2O/c13-9-1-3-10(4-2-9)17-12-11(14)5-8(6-15)7-16-12/h1-5,7H,6,15H2. The smallest absolute Gasteiger partial charge is 0.238 e. The largest absolute Gasteiger partial charge is 0.438 e. The summed E-state index contributed by atoms with van der Waals surface area (Å²) in [7, 11) is 0. The molecule has 5 heteroatoms. The molecular weight excluding hydrogens is 304 g/mol. The number of ether oxygens (including phenoxy) is 1. The molecular formula is C12H10BrClN2O. The Balaban J connectivity index is 2.21. The van der Waals surface area contributed by atoms with E-state index in [0.29, 0.717) is 23.2 Å². The third-order valence-corrected chi connectivity index (χ3v) is 2.93. The number of hydrogen-bond acceptors (Lipinski definition) is 3. The van der Waals surface area contributed by atoms with Crippen LogP contribution in [-0.2, 0) is 6.54 Å². The average molecular weight is 314 g/mol. The highest BCUT2D eigenvalue weighted by atomic mass is 79.9. The monoisotopic (exact) mass is 312 g/mol. The Kier molecular flexibility index (Phi) is 3.99. The molecule has 88 valence electrons. The minimum absolute atomic E-state index is 0.381. The molecule has 0 unspecified atom stereocenters. The van der Waals surface area contributed by atoms with Gasteiger partial charge in [0.1, 0.15) is 10.8 Å². The highest BCUT2D eigenvalue weighted by Crippen LogP contribution is 2.28. The summed E-state index contributed by atoms with van der Waals surface area (Å²) in [6.45, 7) is 0.408. The number of benzene rings is 1. The maximum atomic E-state index is 6.04. The number of pyridine rings is 1. The van der Waals surface area contributed by atoms with Crippen molar-refractivity contribution in [2.45, 2.75) is 6.54 Å². The summed E-state index contributed by atoms with van der Waals surface area (Å²) in [4.78, 5) is 4.12. The van der Waals surface area contributed by atoms with E-state index in [1.807, 2.05) is 24.3 Å². The van der Waals surface area contributed by atoms with Crippen molar-refractivity contribution in [3.63, 3.8) is 0 Å². The first-order valence-corrected chi connectivity index (χ1v) is 6.14. The van der Waals surface area contributed by atoms with Crippen molar-refractivity contribution in [2.24, 2.45) is 5.73 Å². The molecule has 0 aliphatic carbocycles. The van der Waals surface area contributed by atoms with Gasteiger partial charge in [-0.05, 0) is 35.9 Å². The molecule has 17 heavy (non-hydrogen) atoms. The third-order valence-electron chi connectivity index (χ3n) is 2.13. The molecule has 3 nitrogen and oxygen atoms in total. The van der Waals surface area contributed by atoms with Crippen molar-refractivity contribution in [1.29, 1.82) is 0 Å². The lowest BCUT2D eigenvalue weighted by Gasteiger charge is -2.07. The number of rotatable bonds is 3. The summed E-state index contributed by atoms with van der Waals surface area (Å²) < 4.78 is 6.55. The molecule has 1 aromatic carbocycles. The molecule has 0 aliphatic rings. The predicted octanol–water partition coefficient (Wildman–Crippen LogP) is 3.75. The van der Waals surface area contributed by atoms with Gasteiger partial charge in [-0.15, -0.1) is 0 Å². The van der Waals surface area contributed by atoms with Crippen LogP contribution in [0.15, 0.2) is 41.0 Å². The van der Waals surface area contributed by atoms with Crippen LogP contribution in [0.1, 0.15) is 5.56 Å². The van der Waals surface area contributed by atoms with E-state index in [0.717, 1.165) is 10.0 Å². The minimum Gasteiger partial charge on any atom is -0.438 e. The number of halogens is 2. The van der Waals surface area contributed by atoms with Gasteiger partial charge < -0.3 is 10.5 Å². The van der Waals surface area contributed by atoms with Crippen LogP contribution in [0.2, 0.25) is 5.02 Å². The van der Waals surface area contributed by atoms with Crippen molar-refractivity contribution in [3.05, 3.63) is 51.6 Å². The SMILES string of the molecule is NCc1cnc(Oc2ccc(Br)cc2)c(Cl)c1. The Morgan fingerprint density at radius 1 is 1.29 bits per heavy atom. The van der Waals surface area contributed by atoms with Gasteiger partial charge in [-0.2, -0.15) is 0 Å².